The van der Waals surface area contributed by atoms with E-state index in [1.165, 1.54) is 66.8 Å². The molecule has 0 bridgehead atoms. The number of hydrogen-bond donors (Lipinski definition) is 0. The van der Waals surface area contributed by atoms with Crippen molar-refractivity contribution in [1.29, 1.82) is 0 Å². The third-order valence-electron chi connectivity index (χ3n) is 13.0. The predicted octanol–water partition coefficient (Wildman–Crippen LogP) is 15.2. The van der Waals surface area contributed by atoms with Gasteiger partial charge in [0.15, 0.2) is 5.82 Å². The standard InChI is InChI=1S/C59H46N2O/c1-39-37-51-49(44-19-10-5-11-20-44)21-14-22-50(51)57-56(59(2)36-13-12-23-54(59)62-57)55(39)47-32-30-46(31-33-47)53-38-52(45-28-24-42(25-29-45)40-15-6-3-7-16-40)60-58(61-53)48-34-26-43(27-35-48)41-17-8-4-9-18-41/h3,5-8,10-35,38H,4,9,36-37H2,1-2H3. The van der Waals surface area contributed by atoms with E-state index in [0.717, 1.165) is 65.3 Å². The van der Waals surface area contributed by atoms with Crippen molar-refractivity contribution in [2.75, 3.05) is 0 Å². The van der Waals surface area contributed by atoms with Gasteiger partial charge in [0, 0.05) is 27.8 Å². The lowest BCUT2D eigenvalue weighted by atomic mass is 9.71. The van der Waals surface area contributed by atoms with Crippen molar-refractivity contribution in [2.45, 2.75) is 39.5 Å². The van der Waals surface area contributed by atoms with E-state index < -0.39 is 0 Å². The lowest BCUT2D eigenvalue weighted by Gasteiger charge is -2.30. The zero-order valence-electron chi connectivity index (χ0n) is 35.1. The summed E-state index contributed by atoms with van der Waals surface area (Å²) in [6, 6.07) is 56.6. The summed E-state index contributed by atoms with van der Waals surface area (Å²) < 4.78 is 6.98. The molecule has 1 aliphatic heterocycles. The number of aromatic nitrogens is 2. The molecule has 3 nitrogen and oxygen atoms in total. The molecule has 6 aromatic carbocycles. The maximum Gasteiger partial charge on any atom is 0.160 e. The second kappa shape index (κ2) is 15.6. The molecule has 0 spiro atoms. The molecule has 3 aliphatic carbocycles. The van der Waals surface area contributed by atoms with Crippen molar-refractivity contribution in [1.82, 2.24) is 9.97 Å². The van der Waals surface area contributed by atoms with Gasteiger partial charge in [0.2, 0.25) is 0 Å². The van der Waals surface area contributed by atoms with E-state index in [0.29, 0.717) is 5.82 Å². The first-order valence-corrected chi connectivity index (χ1v) is 21.8. The van der Waals surface area contributed by atoms with Crippen LogP contribution in [0.25, 0.3) is 73.1 Å². The molecular formula is C59H46N2O. The Morgan fingerprint density at radius 1 is 0.548 bits per heavy atom. The molecule has 0 N–H and O–H groups in total. The molecule has 0 radical (unpaired) electrons. The van der Waals surface area contributed by atoms with Gasteiger partial charge in [0.25, 0.3) is 0 Å². The van der Waals surface area contributed by atoms with Gasteiger partial charge in [-0.2, -0.15) is 0 Å². The molecule has 1 atom stereocenters. The van der Waals surface area contributed by atoms with Crippen molar-refractivity contribution in [3.8, 4) is 56.2 Å². The van der Waals surface area contributed by atoms with Gasteiger partial charge in [-0.25, -0.2) is 9.97 Å². The van der Waals surface area contributed by atoms with Gasteiger partial charge in [0.05, 0.1) is 16.8 Å². The summed E-state index contributed by atoms with van der Waals surface area (Å²) in [5.74, 6) is 2.71. The highest BCUT2D eigenvalue weighted by molar-refractivity contribution is 5.96. The van der Waals surface area contributed by atoms with Crippen molar-refractivity contribution in [2.24, 2.45) is 5.41 Å². The van der Waals surface area contributed by atoms with Crippen LogP contribution >= 0.6 is 0 Å². The molecule has 0 amide bonds. The Kier molecular flexibility index (Phi) is 9.46. The van der Waals surface area contributed by atoms with E-state index >= 15 is 0 Å². The summed E-state index contributed by atoms with van der Waals surface area (Å²) in [4.78, 5) is 10.5. The Balaban J connectivity index is 1.01. The number of benzene rings is 6. The number of fused-ring (bicyclic) bond motifs is 4. The summed E-state index contributed by atoms with van der Waals surface area (Å²) in [5.41, 5.74) is 19.4. The second-order valence-electron chi connectivity index (χ2n) is 17.0. The van der Waals surface area contributed by atoms with E-state index in [1.54, 1.807) is 0 Å². The summed E-state index contributed by atoms with van der Waals surface area (Å²) in [6.07, 6.45) is 17.3. The van der Waals surface area contributed by atoms with Crippen LogP contribution in [0, 0.1) is 5.41 Å². The lowest BCUT2D eigenvalue weighted by molar-refractivity contribution is 0.308. The highest BCUT2D eigenvalue weighted by atomic mass is 16.5. The van der Waals surface area contributed by atoms with Crippen LogP contribution in [0.15, 0.2) is 211 Å². The van der Waals surface area contributed by atoms with Gasteiger partial charge in [-0.15, -0.1) is 0 Å². The Hall–Kier alpha value is -7.36. The molecule has 3 heteroatoms. The average Bonchev–Trinajstić information content (AvgIpc) is 3.57. The SMILES string of the molecule is CC1=C(c2ccc(-c3cc(-c4ccc(-c5ccccc5)cc4)nc(-c4ccc(C5=CCCC=C5)cc4)n3)cc2)C2=C(OC3=CC=CCC32C)c2cccc(-c3ccccc3)c2C1. The number of nitrogens with zero attached hydrogens (tertiary/aromatic N) is 2. The van der Waals surface area contributed by atoms with Crippen LogP contribution in [0.1, 0.15) is 55.4 Å². The smallest absolute Gasteiger partial charge is 0.160 e. The summed E-state index contributed by atoms with van der Waals surface area (Å²) in [5, 5.41) is 0. The van der Waals surface area contributed by atoms with Gasteiger partial charge in [-0.05, 0) is 102 Å². The second-order valence-corrected chi connectivity index (χ2v) is 17.0. The Morgan fingerprint density at radius 2 is 1.15 bits per heavy atom. The Labute approximate surface area is 364 Å². The van der Waals surface area contributed by atoms with E-state index in [1.807, 2.05) is 0 Å². The Bertz CT molecular complexity index is 3050. The zero-order valence-corrected chi connectivity index (χ0v) is 35.1. The molecule has 0 fully saturated rings. The molecule has 298 valence electrons. The van der Waals surface area contributed by atoms with E-state index in [-0.39, 0.29) is 5.41 Å². The third kappa shape index (κ3) is 6.71. The van der Waals surface area contributed by atoms with Crippen LogP contribution in [0.3, 0.4) is 0 Å². The molecule has 0 saturated heterocycles. The molecule has 11 rings (SSSR count). The topological polar surface area (TPSA) is 35.0 Å². The van der Waals surface area contributed by atoms with Crippen molar-refractivity contribution in [3.05, 3.63) is 233 Å². The van der Waals surface area contributed by atoms with E-state index in [4.69, 9.17) is 14.7 Å². The van der Waals surface area contributed by atoms with E-state index in [2.05, 4.69) is 208 Å². The van der Waals surface area contributed by atoms with Crippen molar-refractivity contribution in [3.63, 3.8) is 0 Å². The molecule has 0 saturated carbocycles. The van der Waals surface area contributed by atoms with Crippen molar-refractivity contribution >= 4 is 16.9 Å². The minimum absolute atomic E-state index is 0.282. The minimum Gasteiger partial charge on any atom is -0.460 e. The van der Waals surface area contributed by atoms with E-state index in [9.17, 15) is 0 Å². The largest absolute Gasteiger partial charge is 0.460 e. The zero-order chi connectivity index (χ0) is 41.6. The first-order chi connectivity index (χ1) is 30.5. The molecule has 1 aromatic heterocycles. The molecule has 1 unspecified atom stereocenters. The van der Waals surface area contributed by atoms with Crippen molar-refractivity contribution < 1.29 is 4.74 Å². The van der Waals surface area contributed by atoms with Gasteiger partial charge in [-0.3, -0.25) is 0 Å². The lowest BCUT2D eigenvalue weighted by Crippen LogP contribution is -2.21. The molecule has 4 aliphatic rings. The van der Waals surface area contributed by atoms with Gasteiger partial charge in [0.1, 0.15) is 11.5 Å². The van der Waals surface area contributed by atoms with Crippen LogP contribution in [0.5, 0.6) is 0 Å². The highest BCUT2D eigenvalue weighted by Crippen LogP contribution is 2.59. The maximum atomic E-state index is 6.98. The monoisotopic (exact) mass is 798 g/mol. The Morgan fingerprint density at radius 3 is 1.82 bits per heavy atom. The predicted molar refractivity (Wildman–Crippen MR) is 256 cm³/mol. The number of allylic oxidation sites excluding steroid dienone is 10. The number of ether oxygens (including phenoxy) is 1. The number of rotatable bonds is 7. The maximum absolute atomic E-state index is 6.98. The fourth-order valence-corrected chi connectivity index (χ4v) is 9.73. The fourth-order valence-electron chi connectivity index (χ4n) is 9.73. The summed E-state index contributed by atoms with van der Waals surface area (Å²) >= 11 is 0. The molecule has 62 heavy (non-hydrogen) atoms. The first kappa shape index (κ1) is 37.6. The van der Waals surface area contributed by atoms with Crippen LogP contribution < -0.4 is 0 Å². The third-order valence-corrected chi connectivity index (χ3v) is 13.0. The van der Waals surface area contributed by atoms with Crippen LogP contribution in [-0.2, 0) is 11.2 Å². The van der Waals surface area contributed by atoms with Crippen LogP contribution in [-0.4, -0.2) is 9.97 Å². The van der Waals surface area contributed by atoms with Gasteiger partial charge in [-0.1, -0.05) is 188 Å². The van der Waals surface area contributed by atoms with Crippen LogP contribution in [0.2, 0.25) is 0 Å². The summed E-state index contributed by atoms with van der Waals surface area (Å²) in [7, 11) is 0. The first-order valence-electron chi connectivity index (χ1n) is 21.8. The van der Waals surface area contributed by atoms with Crippen LogP contribution in [0.4, 0.5) is 0 Å². The fraction of sp³-hybridized carbons (Fsp3) is 0.119. The minimum atomic E-state index is -0.282. The normalized spacial score (nSPS) is 17.7. The average molecular weight is 799 g/mol. The molecule has 7 aromatic rings. The number of hydrogen-bond acceptors (Lipinski definition) is 3. The quantitative estimate of drug-likeness (QED) is 0.161. The molecule has 2 heterocycles. The van der Waals surface area contributed by atoms with Gasteiger partial charge >= 0.3 is 0 Å². The van der Waals surface area contributed by atoms with Gasteiger partial charge < -0.3 is 4.74 Å². The highest BCUT2D eigenvalue weighted by Gasteiger charge is 2.47. The summed E-state index contributed by atoms with van der Waals surface area (Å²) in [6.45, 7) is 4.66. The molecular weight excluding hydrogens is 753 g/mol.